The molecule has 6 nitrogen and oxygen atoms in total. The van der Waals surface area contributed by atoms with Crippen molar-refractivity contribution in [3.05, 3.63) is 63.7 Å². The lowest BCUT2D eigenvalue weighted by Crippen LogP contribution is -2.12. The van der Waals surface area contributed by atoms with Crippen LogP contribution in [-0.4, -0.2) is 26.1 Å². The highest BCUT2D eigenvalue weighted by Crippen LogP contribution is 2.39. The van der Waals surface area contributed by atoms with Crippen LogP contribution in [0.4, 0.5) is 5.13 Å². The van der Waals surface area contributed by atoms with Crippen LogP contribution >= 0.6 is 38.9 Å². The van der Waals surface area contributed by atoms with E-state index in [0.717, 1.165) is 16.9 Å². The van der Waals surface area contributed by atoms with Crippen molar-refractivity contribution in [3.8, 4) is 22.1 Å². The Morgan fingerprint density at radius 1 is 1.18 bits per heavy atom. The van der Waals surface area contributed by atoms with Crippen molar-refractivity contribution in [1.82, 2.24) is 9.97 Å². The second-order valence-electron chi connectivity index (χ2n) is 5.79. The normalized spacial score (nSPS) is 10.9. The van der Waals surface area contributed by atoms with Crippen molar-refractivity contribution in [2.75, 3.05) is 5.32 Å². The molecule has 2 aromatic carbocycles. The molecule has 9 heteroatoms. The largest absolute Gasteiger partial charge is 0.505 e. The smallest absolute Gasteiger partial charge is 0.261 e. The molecule has 0 aliphatic heterocycles. The molecule has 0 unspecified atom stereocenters. The zero-order valence-electron chi connectivity index (χ0n) is 14.0. The van der Waals surface area contributed by atoms with Gasteiger partial charge >= 0.3 is 0 Å². The first-order chi connectivity index (χ1) is 13.4. The number of benzene rings is 2. The number of phenols is 1. The monoisotopic (exact) mass is 475 g/mol. The Morgan fingerprint density at radius 3 is 2.68 bits per heavy atom. The van der Waals surface area contributed by atoms with E-state index in [9.17, 15) is 15.0 Å². The van der Waals surface area contributed by atoms with Gasteiger partial charge in [0, 0.05) is 21.1 Å². The SMILES string of the molecule is O=C(Nc1nc(O)c(-c2ccc(Cl)cc2)s1)c1cc(Br)c2cccnc2c1O. The van der Waals surface area contributed by atoms with E-state index in [0.29, 0.717) is 25.3 Å². The lowest BCUT2D eigenvalue weighted by molar-refractivity contribution is 0.102. The maximum atomic E-state index is 12.7. The number of hydrogen-bond donors (Lipinski definition) is 3. The van der Waals surface area contributed by atoms with E-state index in [1.807, 2.05) is 0 Å². The van der Waals surface area contributed by atoms with E-state index >= 15 is 0 Å². The molecule has 0 aliphatic rings. The van der Waals surface area contributed by atoms with E-state index in [1.165, 1.54) is 12.3 Å². The number of anilines is 1. The summed E-state index contributed by atoms with van der Waals surface area (Å²) < 4.78 is 0.627. The Labute approximate surface area is 176 Å². The summed E-state index contributed by atoms with van der Waals surface area (Å²) in [7, 11) is 0. The molecular weight excluding hydrogens is 466 g/mol. The topological polar surface area (TPSA) is 95.3 Å². The van der Waals surface area contributed by atoms with Crippen molar-refractivity contribution >= 4 is 60.8 Å². The highest BCUT2D eigenvalue weighted by molar-refractivity contribution is 9.10. The third-order valence-electron chi connectivity index (χ3n) is 4.00. The molecule has 0 aliphatic carbocycles. The second kappa shape index (κ2) is 7.38. The van der Waals surface area contributed by atoms with Gasteiger partial charge in [0.15, 0.2) is 10.9 Å². The molecule has 0 fully saturated rings. The molecule has 1 amide bonds. The molecule has 4 rings (SSSR count). The van der Waals surface area contributed by atoms with Crippen molar-refractivity contribution in [2.24, 2.45) is 0 Å². The lowest BCUT2D eigenvalue weighted by Gasteiger charge is -2.08. The minimum Gasteiger partial charge on any atom is -0.505 e. The molecule has 2 aromatic heterocycles. The number of pyridine rings is 1. The number of carbonyl (C=O) groups is 1. The molecule has 140 valence electrons. The van der Waals surface area contributed by atoms with Gasteiger partial charge in [-0.1, -0.05) is 57.1 Å². The fourth-order valence-electron chi connectivity index (χ4n) is 2.68. The predicted octanol–water partition coefficient (Wildman–Crippen LogP) is 5.44. The van der Waals surface area contributed by atoms with E-state index < -0.39 is 5.91 Å². The van der Waals surface area contributed by atoms with Gasteiger partial charge in [-0.05, 0) is 29.8 Å². The van der Waals surface area contributed by atoms with Gasteiger partial charge < -0.3 is 10.2 Å². The first-order valence-electron chi connectivity index (χ1n) is 7.97. The summed E-state index contributed by atoms with van der Waals surface area (Å²) in [4.78, 5) is 21.3. The number of nitrogens with one attached hydrogen (secondary N) is 1. The molecule has 0 radical (unpaired) electrons. The number of carbonyl (C=O) groups excluding carboxylic acids is 1. The summed E-state index contributed by atoms with van der Waals surface area (Å²) in [5.74, 6) is -0.995. The van der Waals surface area contributed by atoms with Gasteiger partial charge in [-0.3, -0.25) is 15.1 Å². The number of nitrogens with zero attached hydrogens (tertiary/aromatic N) is 2. The number of rotatable bonds is 3. The minimum atomic E-state index is -0.567. The fourth-order valence-corrected chi connectivity index (χ4v) is 4.21. The first-order valence-corrected chi connectivity index (χ1v) is 9.96. The number of phenolic OH excluding ortho intramolecular Hbond substituents is 1. The molecule has 0 atom stereocenters. The van der Waals surface area contributed by atoms with E-state index in [1.54, 1.807) is 36.4 Å². The van der Waals surface area contributed by atoms with Crippen molar-refractivity contribution in [1.29, 1.82) is 0 Å². The van der Waals surface area contributed by atoms with Gasteiger partial charge in [0.1, 0.15) is 5.52 Å². The lowest BCUT2D eigenvalue weighted by atomic mass is 10.1. The summed E-state index contributed by atoms with van der Waals surface area (Å²) in [5, 5.41) is 24.7. The van der Waals surface area contributed by atoms with Crippen LogP contribution in [0.25, 0.3) is 21.3 Å². The molecule has 0 spiro atoms. The Hall–Kier alpha value is -2.68. The third-order valence-corrected chi connectivity index (χ3v) is 5.91. The number of amides is 1. The third kappa shape index (κ3) is 3.42. The van der Waals surface area contributed by atoms with Crippen LogP contribution in [-0.2, 0) is 0 Å². The fraction of sp³-hybridized carbons (Fsp3) is 0. The van der Waals surface area contributed by atoms with Crippen LogP contribution in [0.1, 0.15) is 10.4 Å². The molecule has 4 aromatic rings. The van der Waals surface area contributed by atoms with E-state index in [2.05, 4.69) is 31.2 Å². The second-order valence-corrected chi connectivity index (χ2v) is 8.08. The highest BCUT2D eigenvalue weighted by Gasteiger charge is 2.20. The summed E-state index contributed by atoms with van der Waals surface area (Å²) >= 11 is 10.4. The Morgan fingerprint density at radius 2 is 1.93 bits per heavy atom. The Bertz CT molecular complexity index is 1210. The van der Waals surface area contributed by atoms with Gasteiger partial charge in [0.05, 0.1) is 10.4 Å². The number of aromatic nitrogens is 2. The van der Waals surface area contributed by atoms with E-state index in [-0.39, 0.29) is 22.3 Å². The quantitative estimate of drug-likeness (QED) is 0.366. The maximum absolute atomic E-state index is 12.7. The number of fused-ring (bicyclic) bond motifs is 1. The predicted molar refractivity (Wildman–Crippen MR) is 113 cm³/mol. The summed E-state index contributed by atoms with van der Waals surface area (Å²) in [6.45, 7) is 0. The van der Waals surface area contributed by atoms with Crippen molar-refractivity contribution < 1.29 is 15.0 Å². The van der Waals surface area contributed by atoms with Crippen LogP contribution < -0.4 is 5.32 Å². The molecular formula is C19H11BrClN3O3S. The maximum Gasteiger partial charge on any atom is 0.261 e. The molecule has 0 saturated heterocycles. The van der Waals surface area contributed by atoms with Crippen LogP contribution in [0, 0.1) is 0 Å². The summed E-state index contributed by atoms with van der Waals surface area (Å²) in [6, 6.07) is 11.9. The average Bonchev–Trinajstić information content (AvgIpc) is 3.05. The molecule has 0 bridgehead atoms. The number of hydrogen-bond acceptors (Lipinski definition) is 6. The standard InChI is InChI=1S/C19H11BrClN3O3S/c20-13-8-12(15(25)14-11(13)2-1-7-22-14)17(26)23-19-24-18(27)16(28-19)9-3-5-10(21)6-4-9/h1-8,25,27H,(H,23,24,26). The van der Waals surface area contributed by atoms with Crippen molar-refractivity contribution in [2.45, 2.75) is 0 Å². The summed E-state index contributed by atoms with van der Waals surface area (Å²) in [5.41, 5.74) is 1.08. The molecule has 2 heterocycles. The minimum absolute atomic E-state index is 0.0424. The molecule has 3 N–H and O–H groups in total. The van der Waals surface area contributed by atoms with Gasteiger partial charge in [0.25, 0.3) is 5.91 Å². The van der Waals surface area contributed by atoms with Gasteiger partial charge in [-0.25, -0.2) is 0 Å². The van der Waals surface area contributed by atoms with Crippen LogP contribution in [0.5, 0.6) is 11.6 Å². The molecule has 0 saturated carbocycles. The van der Waals surface area contributed by atoms with Crippen LogP contribution in [0.15, 0.2) is 53.1 Å². The van der Waals surface area contributed by atoms with Crippen LogP contribution in [0.3, 0.4) is 0 Å². The highest BCUT2D eigenvalue weighted by atomic mass is 79.9. The number of aromatic hydroxyl groups is 2. The average molecular weight is 477 g/mol. The first kappa shape index (κ1) is 18.7. The molecule has 28 heavy (non-hydrogen) atoms. The van der Waals surface area contributed by atoms with Crippen molar-refractivity contribution in [3.63, 3.8) is 0 Å². The van der Waals surface area contributed by atoms with Gasteiger partial charge in [-0.15, -0.1) is 0 Å². The van der Waals surface area contributed by atoms with Gasteiger partial charge in [0.2, 0.25) is 5.88 Å². The number of thiazole rings is 1. The Balaban J connectivity index is 1.66. The number of halogens is 2. The zero-order valence-corrected chi connectivity index (χ0v) is 17.1. The zero-order chi connectivity index (χ0) is 19.8. The van der Waals surface area contributed by atoms with E-state index in [4.69, 9.17) is 11.6 Å². The Kier molecular flexibility index (Phi) is 4.92. The van der Waals surface area contributed by atoms with Gasteiger partial charge in [-0.2, -0.15) is 4.98 Å². The van der Waals surface area contributed by atoms with Crippen LogP contribution in [0.2, 0.25) is 5.02 Å². The summed E-state index contributed by atoms with van der Waals surface area (Å²) in [6.07, 6.45) is 1.54.